The summed E-state index contributed by atoms with van der Waals surface area (Å²) in [4.78, 5) is 25.7. The molecule has 1 saturated carbocycles. The number of hydrogen-bond acceptors (Lipinski definition) is 4. The van der Waals surface area contributed by atoms with E-state index in [0.717, 1.165) is 25.9 Å². The maximum absolute atomic E-state index is 12.7. The SMILES string of the molecule is CC(C(=O)N1C(C(=O)O)CSC1C1CC1)C1CNC1. The summed E-state index contributed by atoms with van der Waals surface area (Å²) in [5.74, 6) is 0.543. The Balaban J connectivity index is 1.76. The minimum absolute atomic E-state index is 0.0424. The standard InChI is InChI=1S/C13H20N2O3S/c1-7(9-4-14-5-9)11(16)15-10(13(17)18)6-19-12(15)8-2-3-8/h7-10,12,14H,2-6H2,1H3,(H,17,18). The first-order valence-corrected chi connectivity index (χ1v) is 8.01. The number of carboxylic acids is 1. The van der Waals surface area contributed by atoms with Crippen molar-refractivity contribution in [3.8, 4) is 0 Å². The number of carbonyl (C=O) groups is 2. The van der Waals surface area contributed by atoms with Crippen molar-refractivity contribution in [1.29, 1.82) is 0 Å². The molecular weight excluding hydrogens is 264 g/mol. The Labute approximate surface area is 117 Å². The molecule has 3 fully saturated rings. The Bertz CT molecular complexity index is 395. The number of amides is 1. The van der Waals surface area contributed by atoms with Crippen LogP contribution in [0.1, 0.15) is 19.8 Å². The van der Waals surface area contributed by atoms with Crippen molar-refractivity contribution < 1.29 is 14.7 Å². The molecule has 6 heteroatoms. The van der Waals surface area contributed by atoms with Crippen LogP contribution >= 0.6 is 11.8 Å². The van der Waals surface area contributed by atoms with E-state index in [-0.39, 0.29) is 17.2 Å². The van der Waals surface area contributed by atoms with Crippen LogP contribution in [0.15, 0.2) is 0 Å². The first kappa shape index (κ1) is 13.2. The van der Waals surface area contributed by atoms with Crippen molar-refractivity contribution in [3.05, 3.63) is 0 Å². The zero-order valence-corrected chi connectivity index (χ0v) is 11.9. The Hall–Kier alpha value is -0.750. The maximum Gasteiger partial charge on any atom is 0.327 e. The second-order valence-electron chi connectivity index (χ2n) is 5.87. The average Bonchev–Trinajstić information content (AvgIpc) is 3.04. The van der Waals surface area contributed by atoms with Gasteiger partial charge in [0.15, 0.2) is 0 Å². The van der Waals surface area contributed by atoms with Crippen molar-refractivity contribution in [2.45, 2.75) is 31.2 Å². The van der Waals surface area contributed by atoms with Gasteiger partial charge in [-0.15, -0.1) is 11.8 Å². The van der Waals surface area contributed by atoms with Crippen molar-refractivity contribution >= 4 is 23.6 Å². The van der Waals surface area contributed by atoms with Gasteiger partial charge in [0.2, 0.25) is 5.91 Å². The summed E-state index contributed by atoms with van der Waals surface area (Å²) in [6.45, 7) is 3.69. The van der Waals surface area contributed by atoms with Gasteiger partial charge in [-0.05, 0) is 37.8 Å². The number of nitrogens with zero attached hydrogens (tertiary/aromatic N) is 1. The highest BCUT2D eigenvalue weighted by atomic mass is 32.2. The highest BCUT2D eigenvalue weighted by Crippen LogP contribution is 2.46. The normalized spacial score (nSPS) is 33.0. The molecule has 3 aliphatic rings. The van der Waals surface area contributed by atoms with Gasteiger partial charge in [0, 0.05) is 11.7 Å². The molecule has 19 heavy (non-hydrogen) atoms. The van der Waals surface area contributed by atoms with Gasteiger partial charge in [-0.3, -0.25) is 4.79 Å². The molecule has 0 radical (unpaired) electrons. The van der Waals surface area contributed by atoms with Crippen LogP contribution in [0.4, 0.5) is 0 Å². The number of carbonyl (C=O) groups excluding carboxylic acids is 1. The molecule has 1 amide bonds. The molecule has 3 rings (SSSR count). The van der Waals surface area contributed by atoms with Crippen molar-refractivity contribution in [3.63, 3.8) is 0 Å². The highest BCUT2D eigenvalue weighted by molar-refractivity contribution is 8.00. The zero-order chi connectivity index (χ0) is 13.6. The van der Waals surface area contributed by atoms with Crippen molar-refractivity contribution in [1.82, 2.24) is 10.2 Å². The summed E-state index contributed by atoms with van der Waals surface area (Å²) in [6.07, 6.45) is 2.26. The van der Waals surface area contributed by atoms with Crippen LogP contribution in [-0.2, 0) is 9.59 Å². The van der Waals surface area contributed by atoms with Crippen LogP contribution < -0.4 is 5.32 Å². The minimum atomic E-state index is -0.858. The van der Waals surface area contributed by atoms with Gasteiger partial charge >= 0.3 is 5.97 Å². The van der Waals surface area contributed by atoms with Crippen LogP contribution in [0.2, 0.25) is 0 Å². The summed E-state index contributed by atoms with van der Waals surface area (Å²) in [5, 5.41) is 12.6. The summed E-state index contributed by atoms with van der Waals surface area (Å²) in [7, 11) is 0. The topological polar surface area (TPSA) is 69.6 Å². The van der Waals surface area contributed by atoms with Crippen LogP contribution in [0.3, 0.4) is 0 Å². The molecule has 106 valence electrons. The van der Waals surface area contributed by atoms with Crippen LogP contribution in [0.5, 0.6) is 0 Å². The third-order valence-electron chi connectivity index (χ3n) is 4.51. The second-order valence-corrected chi connectivity index (χ2v) is 7.02. The molecule has 0 spiro atoms. The largest absolute Gasteiger partial charge is 0.480 e. The average molecular weight is 284 g/mol. The number of rotatable bonds is 4. The lowest BCUT2D eigenvalue weighted by atomic mass is 9.87. The summed E-state index contributed by atoms with van der Waals surface area (Å²) >= 11 is 1.65. The smallest absolute Gasteiger partial charge is 0.327 e. The monoisotopic (exact) mass is 284 g/mol. The van der Waals surface area contributed by atoms with Gasteiger partial charge in [-0.25, -0.2) is 4.79 Å². The third-order valence-corrected chi connectivity index (χ3v) is 5.97. The predicted octanol–water partition coefficient (Wildman–Crippen LogP) is 0.607. The Morgan fingerprint density at radius 3 is 2.53 bits per heavy atom. The molecule has 0 aromatic heterocycles. The quantitative estimate of drug-likeness (QED) is 0.791. The maximum atomic E-state index is 12.7. The van der Waals surface area contributed by atoms with Gasteiger partial charge in [-0.2, -0.15) is 0 Å². The Kier molecular flexibility index (Phi) is 3.47. The summed E-state index contributed by atoms with van der Waals surface area (Å²) < 4.78 is 0. The highest BCUT2D eigenvalue weighted by Gasteiger charge is 2.49. The minimum Gasteiger partial charge on any atom is -0.480 e. The van der Waals surface area contributed by atoms with Gasteiger partial charge in [0.05, 0.1) is 5.37 Å². The summed E-state index contributed by atoms with van der Waals surface area (Å²) in [5.41, 5.74) is 0. The fraction of sp³-hybridized carbons (Fsp3) is 0.846. The van der Waals surface area contributed by atoms with Gasteiger partial charge in [-0.1, -0.05) is 6.92 Å². The lowest BCUT2D eigenvalue weighted by molar-refractivity contribution is -0.152. The van der Waals surface area contributed by atoms with E-state index >= 15 is 0 Å². The third kappa shape index (κ3) is 2.36. The molecule has 2 heterocycles. The van der Waals surface area contributed by atoms with Crippen LogP contribution in [-0.4, -0.2) is 52.1 Å². The van der Waals surface area contributed by atoms with E-state index in [1.807, 2.05) is 6.92 Å². The van der Waals surface area contributed by atoms with E-state index in [1.54, 1.807) is 16.7 Å². The molecule has 0 bridgehead atoms. The molecule has 0 aromatic carbocycles. The Morgan fingerprint density at radius 1 is 1.37 bits per heavy atom. The molecule has 5 nitrogen and oxygen atoms in total. The van der Waals surface area contributed by atoms with Crippen LogP contribution in [0.25, 0.3) is 0 Å². The number of nitrogens with one attached hydrogen (secondary N) is 1. The molecule has 2 aliphatic heterocycles. The molecule has 2 saturated heterocycles. The van der Waals surface area contributed by atoms with Gasteiger partial charge in [0.25, 0.3) is 0 Å². The van der Waals surface area contributed by atoms with Crippen molar-refractivity contribution in [2.75, 3.05) is 18.8 Å². The van der Waals surface area contributed by atoms with E-state index < -0.39 is 12.0 Å². The number of thioether (sulfide) groups is 1. The van der Waals surface area contributed by atoms with Gasteiger partial charge < -0.3 is 15.3 Å². The van der Waals surface area contributed by atoms with E-state index in [1.165, 1.54) is 0 Å². The number of hydrogen-bond donors (Lipinski definition) is 2. The van der Waals surface area contributed by atoms with Crippen LogP contribution in [0, 0.1) is 17.8 Å². The molecular formula is C13H20N2O3S. The van der Waals surface area contributed by atoms with E-state index in [2.05, 4.69) is 5.32 Å². The lowest BCUT2D eigenvalue weighted by Crippen LogP contribution is -2.54. The zero-order valence-electron chi connectivity index (χ0n) is 11.0. The molecule has 0 aromatic rings. The summed E-state index contributed by atoms with van der Waals surface area (Å²) in [6, 6.07) is -0.626. The second kappa shape index (κ2) is 4.98. The van der Waals surface area contributed by atoms with Crippen molar-refractivity contribution in [2.24, 2.45) is 17.8 Å². The number of aliphatic carboxylic acids is 1. The molecule has 1 aliphatic carbocycles. The predicted molar refractivity (Wildman–Crippen MR) is 72.8 cm³/mol. The van der Waals surface area contributed by atoms with E-state index in [4.69, 9.17) is 0 Å². The molecule has 2 N–H and O–H groups in total. The van der Waals surface area contributed by atoms with E-state index in [0.29, 0.717) is 17.6 Å². The van der Waals surface area contributed by atoms with E-state index in [9.17, 15) is 14.7 Å². The number of carboxylic acid groups (broad SMARTS) is 1. The lowest BCUT2D eigenvalue weighted by Gasteiger charge is -2.36. The fourth-order valence-corrected chi connectivity index (χ4v) is 4.48. The first-order chi connectivity index (χ1) is 9.09. The fourth-order valence-electron chi connectivity index (χ4n) is 2.84. The van der Waals surface area contributed by atoms with Gasteiger partial charge in [0.1, 0.15) is 6.04 Å². The molecule has 3 unspecified atom stereocenters. The first-order valence-electron chi connectivity index (χ1n) is 6.97. The Morgan fingerprint density at radius 2 is 2.05 bits per heavy atom. The molecule has 3 atom stereocenters.